The summed E-state index contributed by atoms with van der Waals surface area (Å²) in [5, 5.41) is 14.8. The smallest absolute Gasteiger partial charge is 0.147 e. The van der Waals surface area contributed by atoms with Crippen LogP contribution in [-0.2, 0) is 0 Å². The average Bonchev–Trinajstić information content (AvgIpc) is 4.31. The molecule has 18 aromatic rings. The molecule has 18 rings (SSSR count). The second-order valence-corrected chi connectivity index (χ2v) is 19.4. The van der Waals surface area contributed by atoms with Crippen molar-refractivity contribution in [1.82, 2.24) is 4.57 Å². The predicted octanol–water partition coefficient (Wildman–Crippen LogP) is 19.5. The molecule has 0 atom stereocenters. The van der Waals surface area contributed by atoms with Crippen LogP contribution < -0.4 is 0 Å². The molecule has 7 heteroatoms. The van der Waals surface area contributed by atoms with E-state index in [0.717, 1.165) is 181 Å². The number of hydrogen-bond acceptors (Lipinski definition) is 6. The van der Waals surface area contributed by atoms with Crippen LogP contribution in [0.4, 0.5) is 0 Å². The van der Waals surface area contributed by atoms with Gasteiger partial charge in [0.1, 0.15) is 67.0 Å². The normalized spacial score (nSPS) is 12.7. The Morgan fingerprint density at radius 1 is 0.219 bits per heavy atom. The molecule has 0 spiro atoms. The van der Waals surface area contributed by atoms with E-state index < -0.39 is 0 Å². The van der Waals surface area contributed by atoms with Crippen LogP contribution in [0.15, 0.2) is 227 Å². The van der Waals surface area contributed by atoms with E-state index in [1.54, 1.807) is 0 Å². The summed E-state index contributed by atoms with van der Waals surface area (Å²) in [4.78, 5) is 0. The highest BCUT2D eigenvalue weighted by Crippen LogP contribution is 2.46. The van der Waals surface area contributed by atoms with Crippen LogP contribution in [-0.4, -0.2) is 4.57 Å². The molecule has 0 aliphatic rings. The molecule has 338 valence electrons. The van der Waals surface area contributed by atoms with Gasteiger partial charge in [-0.25, -0.2) is 0 Å². The van der Waals surface area contributed by atoms with Gasteiger partial charge in [0, 0.05) is 64.9 Å². The van der Waals surface area contributed by atoms with Crippen LogP contribution in [0, 0.1) is 0 Å². The molecule has 0 unspecified atom stereocenters. The SMILES string of the molecule is c1ccc2c(c1)oc1c2ccc2oc3ccc(-c4ccc5oc6ccc7c8cc(-c9ccc%10oc%11ccc(-n%12c%13ccccc%13c%13c%14oc%15ccccc%15c%14ccc%13%12)cc%11c%10c9)ccc8oc7c6c5c4)cc3c21. The number of hydrogen-bond donors (Lipinski definition) is 0. The van der Waals surface area contributed by atoms with E-state index in [1.807, 2.05) is 36.4 Å². The molecular weight excluding hydrogens is 903 g/mol. The second-order valence-electron chi connectivity index (χ2n) is 19.4. The minimum Gasteiger partial charge on any atom is -0.456 e. The van der Waals surface area contributed by atoms with Gasteiger partial charge in [0.25, 0.3) is 0 Å². The van der Waals surface area contributed by atoms with Gasteiger partial charge in [-0.05, 0) is 144 Å². The summed E-state index contributed by atoms with van der Waals surface area (Å²) < 4.78 is 41.6. The molecule has 0 aliphatic heterocycles. The first-order chi connectivity index (χ1) is 36.1. The zero-order valence-electron chi connectivity index (χ0n) is 38.4. The van der Waals surface area contributed by atoms with Crippen molar-refractivity contribution in [2.24, 2.45) is 0 Å². The summed E-state index contributed by atoms with van der Waals surface area (Å²) in [6.07, 6.45) is 0. The lowest BCUT2D eigenvalue weighted by Gasteiger charge is -2.08. The molecular formula is C66H33NO6. The third-order valence-electron chi connectivity index (χ3n) is 15.6. The Morgan fingerprint density at radius 3 is 1.19 bits per heavy atom. The van der Waals surface area contributed by atoms with Gasteiger partial charge in [0.15, 0.2) is 0 Å². The molecule has 73 heavy (non-hydrogen) atoms. The van der Waals surface area contributed by atoms with Gasteiger partial charge in [-0.3, -0.25) is 0 Å². The molecule has 7 nitrogen and oxygen atoms in total. The van der Waals surface area contributed by atoms with Gasteiger partial charge in [0.2, 0.25) is 0 Å². The topological polar surface area (TPSA) is 83.8 Å². The molecule has 0 fully saturated rings. The molecule has 0 saturated carbocycles. The fourth-order valence-electron chi connectivity index (χ4n) is 12.3. The first-order valence-electron chi connectivity index (χ1n) is 24.5. The first-order valence-corrected chi connectivity index (χ1v) is 24.5. The summed E-state index contributed by atoms with van der Waals surface area (Å²) in [7, 11) is 0. The largest absolute Gasteiger partial charge is 0.456 e. The van der Waals surface area contributed by atoms with Gasteiger partial charge in [-0.1, -0.05) is 78.9 Å². The Labute approximate surface area is 410 Å². The van der Waals surface area contributed by atoms with Crippen LogP contribution in [0.5, 0.6) is 0 Å². The maximum Gasteiger partial charge on any atom is 0.147 e. The van der Waals surface area contributed by atoms with Crippen molar-refractivity contribution in [3.05, 3.63) is 200 Å². The lowest BCUT2D eigenvalue weighted by molar-refractivity contribution is 0.662. The van der Waals surface area contributed by atoms with Crippen molar-refractivity contribution in [3.8, 4) is 27.9 Å². The summed E-state index contributed by atoms with van der Waals surface area (Å²) in [6.45, 7) is 0. The molecule has 7 heterocycles. The number of fused-ring (bicyclic) bond motifs is 24. The van der Waals surface area contributed by atoms with Crippen molar-refractivity contribution >= 4 is 153 Å². The number of rotatable bonds is 3. The summed E-state index contributed by atoms with van der Waals surface area (Å²) in [6, 6.07) is 70.1. The maximum absolute atomic E-state index is 6.79. The summed E-state index contributed by atoms with van der Waals surface area (Å²) in [5.41, 5.74) is 17.6. The molecule has 0 saturated heterocycles. The van der Waals surface area contributed by atoms with E-state index in [0.29, 0.717) is 0 Å². The Hall–Kier alpha value is -9.98. The third kappa shape index (κ3) is 5.02. The predicted molar refractivity (Wildman–Crippen MR) is 295 cm³/mol. The van der Waals surface area contributed by atoms with Gasteiger partial charge in [0.05, 0.1) is 27.2 Å². The molecule has 11 aromatic carbocycles. The fraction of sp³-hybridized carbons (Fsp3) is 0. The van der Waals surface area contributed by atoms with Crippen molar-refractivity contribution in [1.29, 1.82) is 0 Å². The van der Waals surface area contributed by atoms with Gasteiger partial charge >= 0.3 is 0 Å². The van der Waals surface area contributed by atoms with Gasteiger partial charge < -0.3 is 31.1 Å². The Kier molecular flexibility index (Phi) is 6.98. The molecule has 0 radical (unpaired) electrons. The summed E-state index contributed by atoms with van der Waals surface area (Å²) >= 11 is 0. The second kappa shape index (κ2) is 13.5. The number of nitrogens with zero attached hydrogens (tertiary/aromatic N) is 1. The molecule has 0 N–H and O–H groups in total. The van der Waals surface area contributed by atoms with Crippen molar-refractivity contribution in [2.75, 3.05) is 0 Å². The Bertz CT molecular complexity index is 5470. The van der Waals surface area contributed by atoms with Gasteiger partial charge in [-0.15, -0.1) is 0 Å². The fourth-order valence-corrected chi connectivity index (χ4v) is 12.3. The number of para-hydroxylation sites is 3. The minimum absolute atomic E-state index is 0.780. The maximum atomic E-state index is 6.79. The minimum atomic E-state index is 0.780. The Balaban J connectivity index is 0.755. The number of furan rings is 6. The Morgan fingerprint density at radius 2 is 0.603 bits per heavy atom. The molecule has 7 aromatic heterocycles. The highest BCUT2D eigenvalue weighted by molar-refractivity contribution is 6.26. The van der Waals surface area contributed by atoms with E-state index in [-0.39, 0.29) is 0 Å². The van der Waals surface area contributed by atoms with E-state index >= 15 is 0 Å². The highest BCUT2D eigenvalue weighted by atomic mass is 16.4. The van der Waals surface area contributed by atoms with Gasteiger partial charge in [-0.2, -0.15) is 0 Å². The summed E-state index contributed by atoms with van der Waals surface area (Å²) in [5.74, 6) is 0. The van der Waals surface area contributed by atoms with E-state index in [1.165, 1.54) is 0 Å². The van der Waals surface area contributed by atoms with Crippen LogP contribution in [0.1, 0.15) is 0 Å². The van der Waals surface area contributed by atoms with Crippen LogP contribution >= 0.6 is 0 Å². The number of aromatic nitrogens is 1. The first kappa shape index (κ1) is 37.9. The van der Waals surface area contributed by atoms with E-state index in [2.05, 4.69) is 168 Å². The lowest BCUT2D eigenvalue weighted by Crippen LogP contribution is -1.93. The third-order valence-corrected chi connectivity index (χ3v) is 15.6. The molecule has 0 bridgehead atoms. The number of benzene rings is 11. The standard InChI is InChI=1S/C66H33NO6/c1-4-10-50-44(9-1)61-51(21-18-41-39-7-2-5-11-52(39)71-64(41)61)67(50)38-17-26-55-47(33-38)46-30-35(13-22-54(46)68-55)34-14-23-56-45(29-34)43-20-28-60-63(66(43)73-56)49-32-37(16-25-58(49)70-60)36-15-24-57-48(31-36)62-59(69-57)27-19-42-40-8-3-6-12-53(40)72-65(42)62/h1-33H. The van der Waals surface area contributed by atoms with E-state index in [4.69, 9.17) is 26.5 Å². The van der Waals surface area contributed by atoms with Crippen LogP contribution in [0.3, 0.4) is 0 Å². The van der Waals surface area contributed by atoms with Crippen molar-refractivity contribution in [3.63, 3.8) is 0 Å². The van der Waals surface area contributed by atoms with Crippen molar-refractivity contribution < 1.29 is 26.5 Å². The monoisotopic (exact) mass is 935 g/mol. The molecule has 0 aliphatic carbocycles. The molecule has 0 amide bonds. The van der Waals surface area contributed by atoms with Crippen LogP contribution in [0.2, 0.25) is 0 Å². The van der Waals surface area contributed by atoms with Crippen molar-refractivity contribution in [2.45, 2.75) is 0 Å². The lowest BCUT2D eigenvalue weighted by atomic mass is 9.99. The average molecular weight is 936 g/mol. The zero-order chi connectivity index (χ0) is 47.2. The highest BCUT2D eigenvalue weighted by Gasteiger charge is 2.22. The zero-order valence-corrected chi connectivity index (χ0v) is 38.4. The quantitative estimate of drug-likeness (QED) is 0.175. The van der Waals surface area contributed by atoms with Crippen LogP contribution in [0.25, 0.3) is 181 Å². The van der Waals surface area contributed by atoms with E-state index in [9.17, 15) is 0 Å².